The monoisotopic (exact) mass is 765 g/mol. The van der Waals surface area contributed by atoms with E-state index in [2.05, 4.69) is 27.7 Å². The molecule has 0 amide bonds. The molecule has 0 heterocycles. The Balaban J connectivity index is 0. The van der Waals surface area contributed by atoms with Gasteiger partial charge in [0.15, 0.2) is 0 Å². The van der Waals surface area contributed by atoms with Gasteiger partial charge in [0.05, 0.1) is 12.5 Å². The van der Waals surface area contributed by atoms with Gasteiger partial charge in [-0.05, 0) is 25.7 Å². The van der Waals surface area contributed by atoms with Crippen LogP contribution in [-0.4, -0.2) is 23.7 Å². The first kappa shape index (κ1) is 55.0. The molecule has 0 aromatic carbocycles. The number of hydrogen-bond donors (Lipinski definition) is 1. The molecule has 0 spiro atoms. The van der Waals surface area contributed by atoms with E-state index in [9.17, 15) is 9.59 Å². The third-order valence-electron chi connectivity index (χ3n) is 11.4. The zero-order valence-electron chi connectivity index (χ0n) is 37.7. The summed E-state index contributed by atoms with van der Waals surface area (Å²) in [5, 5.41) is 8.52. The lowest BCUT2D eigenvalue weighted by Gasteiger charge is -2.16. The van der Waals surface area contributed by atoms with Crippen molar-refractivity contribution in [3.05, 3.63) is 0 Å². The zero-order chi connectivity index (χ0) is 39.8. The van der Waals surface area contributed by atoms with Gasteiger partial charge >= 0.3 is 11.9 Å². The lowest BCUT2D eigenvalue weighted by atomic mass is 9.94. The Labute approximate surface area is 340 Å². The van der Waals surface area contributed by atoms with Gasteiger partial charge in [-0.15, -0.1) is 0 Å². The first-order valence-corrected chi connectivity index (χ1v) is 24.9. The first-order chi connectivity index (χ1) is 26.5. The molecule has 54 heavy (non-hydrogen) atoms. The maximum absolute atomic E-state index is 12.7. The Bertz CT molecular complexity index is 707. The van der Waals surface area contributed by atoms with Gasteiger partial charge < -0.3 is 9.84 Å². The van der Waals surface area contributed by atoms with Crippen LogP contribution in [0, 0.1) is 5.92 Å². The van der Waals surface area contributed by atoms with Crippen molar-refractivity contribution in [3.63, 3.8) is 0 Å². The Kier molecular flexibility index (Phi) is 50.9. The highest BCUT2D eigenvalue weighted by atomic mass is 16.5. The van der Waals surface area contributed by atoms with Crippen LogP contribution in [0.15, 0.2) is 0 Å². The number of unbranched alkanes of at least 4 members (excludes halogenated alkanes) is 35. The second-order valence-electron chi connectivity index (χ2n) is 17.0. The van der Waals surface area contributed by atoms with E-state index < -0.39 is 5.97 Å². The van der Waals surface area contributed by atoms with Crippen LogP contribution in [0.4, 0.5) is 0 Å². The van der Waals surface area contributed by atoms with Crippen LogP contribution in [0.3, 0.4) is 0 Å². The first-order valence-electron chi connectivity index (χ1n) is 24.9. The Morgan fingerprint density at radius 1 is 0.352 bits per heavy atom. The van der Waals surface area contributed by atoms with E-state index in [1.807, 2.05) is 0 Å². The molecule has 0 aliphatic heterocycles. The molecule has 0 fully saturated rings. The highest BCUT2D eigenvalue weighted by molar-refractivity contribution is 5.72. The summed E-state index contributed by atoms with van der Waals surface area (Å²) in [6, 6.07) is 0. The summed E-state index contributed by atoms with van der Waals surface area (Å²) >= 11 is 0. The van der Waals surface area contributed by atoms with Crippen LogP contribution >= 0.6 is 0 Å². The number of hydrogen-bond acceptors (Lipinski definition) is 3. The fourth-order valence-corrected chi connectivity index (χ4v) is 7.60. The molecule has 0 aromatic heterocycles. The largest absolute Gasteiger partial charge is 0.481 e. The topological polar surface area (TPSA) is 63.6 Å². The number of carboxylic acids is 1. The average molecular weight is 765 g/mol. The Hall–Kier alpha value is -1.06. The van der Waals surface area contributed by atoms with Crippen molar-refractivity contribution >= 4 is 11.9 Å². The predicted octanol–water partition coefficient (Wildman–Crippen LogP) is 17.7. The Morgan fingerprint density at radius 3 is 0.889 bits per heavy atom. The van der Waals surface area contributed by atoms with Gasteiger partial charge in [-0.25, -0.2) is 0 Å². The van der Waals surface area contributed by atoms with Crippen LogP contribution in [0.1, 0.15) is 297 Å². The number of ether oxygens (including phenoxy) is 1. The maximum Gasteiger partial charge on any atom is 0.308 e. The molecule has 4 nitrogen and oxygen atoms in total. The minimum absolute atomic E-state index is 0.0996. The SMILES string of the molecule is CCCCCCCCCCCCCCC(CCCCCC)C(=O)OCCCCCCCCCC.CCCCCCCCCCCCCCCCCC(=O)O. The number of carbonyl (C=O) groups excluding carboxylic acids is 1. The molecule has 0 aliphatic rings. The molecule has 4 heteroatoms. The molecule has 0 radical (unpaired) electrons. The lowest BCUT2D eigenvalue weighted by Crippen LogP contribution is -2.18. The molecule has 0 saturated heterocycles. The van der Waals surface area contributed by atoms with Gasteiger partial charge in [-0.2, -0.15) is 0 Å². The fraction of sp³-hybridized carbons (Fsp3) is 0.960. The number of carboxylic acid groups (broad SMARTS) is 1. The maximum atomic E-state index is 12.7. The molecular weight excluding hydrogens is 665 g/mol. The summed E-state index contributed by atoms with van der Waals surface area (Å²) in [7, 11) is 0. The minimum Gasteiger partial charge on any atom is -0.481 e. The summed E-state index contributed by atoms with van der Waals surface area (Å²) in [6.45, 7) is 9.71. The smallest absolute Gasteiger partial charge is 0.308 e. The van der Waals surface area contributed by atoms with Crippen molar-refractivity contribution in [2.45, 2.75) is 297 Å². The molecule has 0 bridgehead atoms. The van der Waals surface area contributed by atoms with Crippen molar-refractivity contribution < 1.29 is 19.4 Å². The van der Waals surface area contributed by atoms with Crippen molar-refractivity contribution in [2.24, 2.45) is 5.92 Å². The molecule has 324 valence electrons. The quantitative estimate of drug-likeness (QED) is 0.0496. The van der Waals surface area contributed by atoms with Crippen LogP contribution < -0.4 is 0 Å². The standard InChI is InChI=1S/C32H64O2.C18H36O2/c1-4-7-10-13-15-17-18-19-20-21-23-26-29-31(28-25-12-9-6-3)32(33)34-30-27-24-22-16-14-11-8-5-2;1-2-3-4-5-6-7-8-9-10-11-12-13-14-15-16-17-18(19)20/h31H,4-30H2,1-3H3;2-17H2,1H3,(H,19,20). The number of aliphatic carboxylic acids is 1. The van der Waals surface area contributed by atoms with E-state index in [0.29, 0.717) is 13.0 Å². The zero-order valence-corrected chi connectivity index (χ0v) is 37.7. The van der Waals surface area contributed by atoms with Crippen LogP contribution in [0.5, 0.6) is 0 Å². The highest BCUT2D eigenvalue weighted by Crippen LogP contribution is 2.21. The minimum atomic E-state index is -0.653. The Morgan fingerprint density at radius 2 is 0.593 bits per heavy atom. The van der Waals surface area contributed by atoms with Crippen molar-refractivity contribution in [3.8, 4) is 0 Å². The molecule has 1 N–H and O–H groups in total. The number of carbonyl (C=O) groups is 2. The summed E-state index contributed by atoms with van der Waals surface area (Å²) < 4.78 is 5.72. The summed E-state index contributed by atoms with van der Waals surface area (Å²) in [5.41, 5.74) is 0. The van der Waals surface area contributed by atoms with Gasteiger partial charge in [0.25, 0.3) is 0 Å². The molecule has 1 atom stereocenters. The molecule has 0 aromatic rings. The van der Waals surface area contributed by atoms with E-state index in [1.165, 1.54) is 231 Å². The molecule has 0 rings (SSSR count). The predicted molar refractivity (Wildman–Crippen MR) is 239 cm³/mol. The van der Waals surface area contributed by atoms with Crippen LogP contribution in [0.25, 0.3) is 0 Å². The summed E-state index contributed by atoms with van der Waals surface area (Å²) in [6.07, 6.45) is 54.1. The van der Waals surface area contributed by atoms with E-state index in [-0.39, 0.29) is 11.9 Å². The van der Waals surface area contributed by atoms with Gasteiger partial charge in [-0.1, -0.05) is 265 Å². The van der Waals surface area contributed by atoms with E-state index in [0.717, 1.165) is 32.1 Å². The summed E-state index contributed by atoms with van der Waals surface area (Å²) in [4.78, 5) is 23.1. The third kappa shape index (κ3) is 49.0. The van der Waals surface area contributed by atoms with Gasteiger partial charge in [0.1, 0.15) is 0 Å². The molecule has 1 unspecified atom stereocenters. The molecular formula is C50H100O4. The van der Waals surface area contributed by atoms with Gasteiger partial charge in [-0.3, -0.25) is 9.59 Å². The van der Waals surface area contributed by atoms with Gasteiger partial charge in [0, 0.05) is 6.42 Å². The molecule has 0 saturated carbocycles. The van der Waals surface area contributed by atoms with Crippen molar-refractivity contribution in [1.82, 2.24) is 0 Å². The number of esters is 1. The second-order valence-corrected chi connectivity index (χ2v) is 17.0. The average Bonchev–Trinajstić information content (AvgIpc) is 3.17. The van der Waals surface area contributed by atoms with Crippen molar-refractivity contribution in [2.75, 3.05) is 6.61 Å². The number of rotatable bonds is 44. The van der Waals surface area contributed by atoms with E-state index in [4.69, 9.17) is 9.84 Å². The third-order valence-corrected chi connectivity index (χ3v) is 11.4. The van der Waals surface area contributed by atoms with Crippen LogP contribution in [-0.2, 0) is 14.3 Å². The normalized spacial score (nSPS) is 11.7. The summed E-state index contributed by atoms with van der Waals surface area (Å²) in [5.74, 6) is -0.406. The highest BCUT2D eigenvalue weighted by Gasteiger charge is 2.19. The van der Waals surface area contributed by atoms with E-state index in [1.54, 1.807) is 0 Å². The fourth-order valence-electron chi connectivity index (χ4n) is 7.60. The second kappa shape index (κ2) is 50.0. The van der Waals surface area contributed by atoms with E-state index >= 15 is 0 Å². The van der Waals surface area contributed by atoms with Gasteiger partial charge in [0.2, 0.25) is 0 Å². The van der Waals surface area contributed by atoms with Crippen LogP contribution in [0.2, 0.25) is 0 Å². The molecule has 0 aliphatic carbocycles. The lowest BCUT2D eigenvalue weighted by molar-refractivity contribution is -0.149. The van der Waals surface area contributed by atoms with Crippen molar-refractivity contribution in [1.29, 1.82) is 0 Å².